The van der Waals surface area contributed by atoms with E-state index in [2.05, 4.69) is 0 Å². The zero-order valence-corrected chi connectivity index (χ0v) is 11.3. The normalized spacial score (nSPS) is 13.6. The molecule has 2 aromatic rings. The minimum Gasteiger partial charge on any atom is -0.507 e. The number of hydrogen-bond donors (Lipinski definition) is 2. The fourth-order valence-electron chi connectivity index (χ4n) is 2.58. The number of rotatable bonds is 3. The minimum absolute atomic E-state index is 0.0338. The molecule has 21 heavy (non-hydrogen) atoms. The van der Waals surface area contributed by atoms with Gasteiger partial charge in [0.25, 0.3) is 5.91 Å². The molecule has 0 aliphatic carbocycles. The Labute approximate surface area is 121 Å². The number of benzene rings is 2. The van der Waals surface area contributed by atoms with Gasteiger partial charge in [-0.15, -0.1) is 0 Å². The number of halogens is 1. The van der Waals surface area contributed by atoms with Crippen LogP contribution in [-0.2, 0) is 13.0 Å². The van der Waals surface area contributed by atoms with E-state index in [9.17, 15) is 14.3 Å². The van der Waals surface area contributed by atoms with E-state index in [1.807, 2.05) is 0 Å². The third-order valence-electron chi connectivity index (χ3n) is 3.76. The zero-order chi connectivity index (χ0) is 15.0. The van der Waals surface area contributed by atoms with Gasteiger partial charge in [0.1, 0.15) is 11.6 Å². The average Bonchev–Trinajstić information content (AvgIpc) is 2.81. The highest BCUT2D eigenvalue weighted by atomic mass is 19.1. The van der Waals surface area contributed by atoms with Gasteiger partial charge in [-0.25, -0.2) is 4.39 Å². The number of nitrogens with two attached hydrogens (primary N) is 1. The van der Waals surface area contributed by atoms with Crippen molar-refractivity contribution in [3.63, 3.8) is 0 Å². The Hall–Kier alpha value is -2.56. The number of carbonyl (C=O) groups is 1. The molecule has 0 aromatic heterocycles. The molecule has 1 amide bonds. The molecule has 0 spiro atoms. The summed E-state index contributed by atoms with van der Waals surface area (Å²) >= 11 is 0. The molecule has 1 heterocycles. The van der Waals surface area contributed by atoms with Crippen LogP contribution in [0.1, 0.15) is 21.5 Å². The molecule has 2 aromatic carbocycles. The van der Waals surface area contributed by atoms with Crippen LogP contribution in [0.15, 0.2) is 36.4 Å². The molecule has 0 unspecified atom stereocenters. The average molecular weight is 286 g/mol. The molecular formula is C16H15FN2O2. The van der Waals surface area contributed by atoms with E-state index >= 15 is 0 Å². The number of nitrogens with zero attached hydrogens (tertiary/aromatic N) is 1. The highest BCUT2D eigenvalue weighted by Gasteiger charge is 2.31. The van der Waals surface area contributed by atoms with E-state index < -0.39 is 0 Å². The maximum atomic E-state index is 12.9. The smallest absolute Gasteiger partial charge is 0.258 e. The summed E-state index contributed by atoms with van der Waals surface area (Å²) in [6.45, 7) is 0.896. The van der Waals surface area contributed by atoms with Gasteiger partial charge in [-0.1, -0.05) is 12.1 Å². The molecule has 1 aliphatic heterocycles. The van der Waals surface area contributed by atoms with Crippen molar-refractivity contribution in [3.05, 3.63) is 58.9 Å². The summed E-state index contributed by atoms with van der Waals surface area (Å²) in [6.07, 6.45) is 0.626. The molecule has 3 rings (SSSR count). The van der Waals surface area contributed by atoms with E-state index in [4.69, 9.17) is 5.73 Å². The van der Waals surface area contributed by atoms with Crippen molar-refractivity contribution in [1.29, 1.82) is 0 Å². The minimum atomic E-state index is -0.277. The van der Waals surface area contributed by atoms with E-state index in [1.165, 1.54) is 18.2 Å². The summed E-state index contributed by atoms with van der Waals surface area (Å²) in [5.74, 6) is -0.522. The SMILES string of the molecule is Nc1ccc(O)c2c1CN(CCc1ccc(F)cc1)C2=O. The van der Waals surface area contributed by atoms with E-state index in [-0.39, 0.29) is 17.5 Å². The van der Waals surface area contributed by atoms with Gasteiger partial charge in [0.15, 0.2) is 0 Å². The second-order valence-electron chi connectivity index (χ2n) is 5.13. The van der Waals surface area contributed by atoms with Crippen LogP contribution >= 0.6 is 0 Å². The van der Waals surface area contributed by atoms with E-state index in [0.717, 1.165) is 5.56 Å². The van der Waals surface area contributed by atoms with Gasteiger partial charge in [0, 0.05) is 24.3 Å². The first-order valence-corrected chi connectivity index (χ1v) is 6.70. The van der Waals surface area contributed by atoms with Crippen LogP contribution < -0.4 is 5.73 Å². The maximum absolute atomic E-state index is 12.9. The monoisotopic (exact) mass is 286 g/mol. The maximum Gasteiger partial charge on any atom is 0.258 e. The quantitative estimate of drug-likeness (QED) is 0.672. The first-order chi connectivity index (χ1) is 10.1. The molecule has 0 bridgehead atoms. The van der Waals surface area contributed by atoms with Crippen molar-refractivity contribution < 1.29 is 14.3 Å². The van der Waals surface area contributed by atoms with Crippen molar-refractivity contribution in [1.82, 2.24) is 4.90 Å². The molecule has 5 heteroatoms. The van der Waals surface area contributed by atoms with E-state index in [0.29, 0.717) is 36.3 Å². The van der Waals surface area contributed by atoms with Crippen molar-refractivity contribution in [2.45, 2.75) is 13.0 Å². The number of carbonyl (C=O) groups excluding carboxylic acids is 1. The van der Waals surface area contributed by atoms with Crippen LogP contribution in [0.5, 0.6) is 5.75 Å². The molecule has 3 N–H and O–H groups in total. The summed E-state index contributed by atoms with van der Waals surface area (Å²) in [5, 5.41) is 9.82. The van der Waals surface area contributed by atoms with Crippen LogP contribution in [0, 0.1) is 5.82 Å². The van der Waals surface area contributed by atoms with Gasteiger partial charge in [-0.05, 0) is 36.2 Å². The summed E-state index contributed by atoms with van der Waals surface area (Å²) in [6, 6.07) is 9.25. The fraction of sp³-hybridized carbons (Fsp3) is 0.188. The summed E-state index contributed by atoms with van der Waals surface area (Å²) < 4.78 is 12.9. The summed E-state index contributed by atoms with van der Waals surface area (Å²) in [4.78, 5) is 13.9. The standard InChI is InChI=1S/C16H15FN2O2/c17-11-3-1-10(2-4-11)7-8-19-9-12-13(18)5-6-14(20)15(12)16(19)21/h1-6,20H,7-9,18H2. The second kappa shape index (κ2) is 5.09. The molecule has 0 radical (unpaired) electrons. The van der Waals surface area contributed by atoms with Crippen LogP contribution in [0.3, 0.4) is 0 Å². The lowest BCUT2D eigenvalue weighted by Gasteiger charge is -2.15. The topological polar surface area (TPSA) is 66.6 Å². The largest absolute Gasteiger partial charge is 0.507 e. The second-order valence-corrected chi connectivity index (χ2v) is 5.13. The third-order valence-corrected chi connectivity index (χ3v) is 3.76. The van der Waals surface area contributed by atoms with Crippen molar-refractivity contribution in [2.24, 2.45) is 0 Å². The molecule has 0 atom stereocenters. The molecule has 0 fully saturated rings. The highest BCUT2D eigenvalue weighted by molar-refractivity contribution is 6.02. The molecule has 0 saturated carbocycles. The highest BCUT2D eigenvalue weighted by Crippen LogP contribution is 2.34. The van der Waals surface area contributed by atoms with Crippen LogP contribution in [0.2, 0.25) is 0 Å². The van der Waals surface area contributed by atoms with Gasteiger partial charge in [-0.2, -0.15) is 0 Å². The Morgan fingerprint density at radius 1 is 1.19 bits per heavy atom. The van der Waals surface area contributed by atoms with Gasteiger partial charge in [-0.3, -0.25) is 4.79 Å². The number of hydrogen-bond acceptors (Lipinski definition) is 3. The number of fused-ring (bicyclic) bond motifs is 1. The number of amides is 1. The lowest BCUT2D eigenvalue weighted by atomic mass is 10.1. The van der Waals surface area contributed by atoms with Crippen LogP contribution in [0.25, 0.3) is 0 Å². The Morgan fingerprint density at radius 3 is 2.57 bits per heavy atom. The Kier molecular flexibility index (Phi) is 3.25. The van der Waals surface area contributed by atoms with E-state index in [1.54, 1.807) is 23.1 Å². The molecular weight excluding hydrogens is 271 g/mol. The van der Waals surface area contributed by atoms with Crippen molar-refractivity contribution >= 4 is 11.6 Å². The molecule has 108 valence electrons. The number of phenolic OH excluding ortho intramolecular Hbond substituents is 1. The first-order valence-electron chi connectivity index (χ1n) is 6.70. The third kappa shape index (κ3) is 2.42. The molecule has 4 nitrogen and oxygen atoms in total. The van der Waals surface area contributed by atoms with Gasteiger partial charge in [0.2, 0.25) is 0 Å². The van der Waals surface area contributed by atoms with Crippen molar-refractivity contribution in [2.75, 3.05) is 12.3 Å². The lowest BCUT2D eigenvalue weighted by Crippen LogP contribution is -2.26. The zero-order valence-electron chi connectivity index (χ0n) is 11.3. The number of phenols is 1. The Morgan fingerprint density at radius 2 is 1.90 bits per heavy atom. The molecule has 1 aliphatic rings. The van der Waals surface area contributed by atoms with Gasteiger partial charge >= 0.3 is 0 Å². The lowest BCUT2D eigenvalue weighted by molar-refractivity contribution is 0.0778. The summed E-state index contributed by atoms with van der Waals surface area (Å²) in [7, 11) is 0. The molecule has 0 saturated heterocycles. The fourth-order valence-corrected chi connectivity index (χ4v) is 2.58. The number of nitrogen functional groups attached to an aromatic ring is 1. The number of anilines is 1. The van der Waals surface area contributed by atoms with Gasteiger partial charge in [0.05, 0.1) is 5.56 Å². The predicted octanol–water partition coefficient (Wildman–Crippen LogP) is 2.31. The predicted molar refractivity (Wildman–Crippen MR) is 77.4 cm³/mol. The van der Waals surface area contributed by atoms with Crippen molar-refractivity contribution in [3.8, 4) is 5.75 Å². The summed E-state index contributed by atoms with van der Waals surface area (Å²) in [5.41, 5.74) is 8.31. The van der Waals surface area contributed by atoms with Crippen LogP contribution in [-0.4, -0.2) is 22.5 Å². The van der Waals surface area contributed by atoms with Crippen LogP contribution in [0.4, 0.5) is 10.1 Å². The van der Waals surface area contributed by atoms with Gasteiger partial charge < -0.3 is 15.7 Å². The Bertz CT molecular complexity index is 698. The number of aromatic hydroxyl groups is 1. The first kappa shape index (κ1) is 13.4. The Balaban J connectivity index is 1.75.